The first-order chi connectivity index (χ1) is 10.2. The number of carbonyl (C=O) groups excluding carboxylic acids is 1. The second kappa shape index (κ2) is 4.59. The van der Waals surface area contributed by atoms with Crippen molar-refractivity contribution in [2.24, 2.45) is 5.41 Å². The monoisotopic (exact) mass is 284 g/mol. The maximum absolute atomic E-state index is 11.8. The minimum Gasteiger partial charge on any atom is -0.497 e. The molecule has 0 radical (unpaired) electrons. The highest BCUT2D eigenvalue weighted by Crippen LogP contribution is 2.64. The number of methoxy groups -OCH3 is 1. The van der Waals surface area contributed by atoms with Crippen molar-refractivity contribution in [2.45, 2.75) is 63.2 Å². The topological polar surface area (TPSA) is 26.3 Å². The largest absolute Gasteiger partial charge is 0.497 e. The molecule has 1 aromatic rings. The number of benzene rings is 1. The van der Waals surface area contributed by atoms with Crippen molar-refractivity contribution in [3.8, 4) is 5.75 Å². The molecule has 2 heteroatoms. The molecule has 2 nitrogen and oxygen atoms in total. The van der Waals surface area contributed by atoms with Crippen molar-refractivity contribution in [2.75, 3.05) is 7.11 Å². The first-order valence-corrected chi connectivity index (χ1v) is 8.38. The molecule has 2 fully saturated rings. The van der Waals surface area contributed by atoms with Gasteiger partial charge in [0.05, 0.1) is 7.11 Å². The average Bonchev–Trinajstić information content (AvgIpc) is 3.07. The summed E-state index contributed by atoms with van der Waals surface area (Å²) < 4.78 is 5.48. The van der Waals surface area contributed by atoms with Crippen molar-refractivity contribution < 1.29 is 9.53 Å². The zero-order valence-corrected chi connectivity index (χ0v) is 12.9. The smallest absolute Gasteiger partial charge is 0.132 e. The molecule has 2 saturated carbocycles. The van der Waals surface area contributed by atoms with E-state index >= 15 is 0 Å². The summed E-state index contributed by atoms with van der Waals surface area (Å²) in [6.07, 6.45) is 10.3. The van der Waals surface area contributed by atoms with Gasteiger partial charge in [0, 0.05) is 18.3 Å². The van der Waals surface area contributed by atoms with Crippen molar-refractivity contribution in [1.82, 2.24) is 0 Å². The minimum atomic E-state index is 0.251. The fraction of sp³-hybridized carbons (Fsp3) is 0.632. The molecule has 0 aliphatic heterocycles. The number of ketones is 1. The molecule has 21 heavy (non-hydrogen) atoms. The standard InChI is InChI=1S/C19H24O2/c1-21-16-5-4-14-13-18(8-2-3-9-18)19(17(14)12-16)10-6-15(20)7-11-19/h4-5,12H,2-3,6-11,13H2,1H3. The molecular formula is C19H24O2. The lowest BCUT2D eigenvalue weighted by Crippen LogP contribution is -2.44. The van der Waals surface area contributed by atoms with E-state index in [2.05, 4.69) is 18.2 Å². The van der Waals surface area contributed by atoms with Gasteiger partial charge in [-0.15, -0.1) is 0 Å². The van der Waals surface area contributed by atoms with Gasteiger partial charge in [-0.2, -0.15) is 0 Å². The molecule has 3 aliphatic rings. The van der Waals surface area contributed by atoms with Crippen LogP contribution in [0.15, 0.2) is 18.2 Å². The third-order valence-corrected chi connectivity index (χ3v) is 6.60. The summed E-state index contributed by atoms with van der Waals surface area (Å²) in [4.78, 5) is 11.8. The summed E-state index contributed by atoms with van der Waals surface area (Å²) in [5, 5.41) is 0. The predicted molar refractivity (Wildman–Crippen MR) is 82.8 cm³/mol. The second-order valence-electron chi connectivity index (χ2n) is 7.31. The molecule has 0 bridgehead atoms. The van der Waals surface area contributed by atoms with Crippen molar-refractivity contribution >= 4 is 5.78 Å². The number of rotatable bonds is 1. The molecule has 4 rings (SSSR count). The van der Waals surface area contributed by atoms with Crippen LogP contribution in [0.2, 0.25) is 0 Å². The minimum absolute atomic E-state index is 0.251. The van der Waals surface area contributed by atoms with Crippen LogP contribution in [0.5, 0.6) is 5.75 Å². The fourth-order valence-corrected chi connectivity index (χ4v) is 5.56. The Hall–Kier alpha value is -1.31. The molecule has 3 aliphatic carbocycles. The molecule has 0 amide bonds. The average molecular weight is 284 g/mol. The Balaban J connectivity index is 1.85. The zero-order valence-electron chi connectivity index (χ0n) is 12.9. The van der Waals surface area contributed by atoms with E-state index in [4.69, 9.17) is 4.74 Å². The quantitative estimate of drug-likeness (QED) is 0.773. The summed E-state index contributed by atoms with van der Waals surface area (Å²) in [6, 6.07) is 6.66. The Labute approximate surface area is 126 Å². The van der Waals surface area contributed by atoms with Gasteiger partial charge in [-0.25, -0.2) is 0 Å². The van der Waals surface area contributed by atoms with Crippen molar-refractivity contribution in [1.29, 1.82) is 0 Å². The van der Waals surface area contributed by atoms with Gasteiger partial charge in [-0.3, -0.25) is 4.79 Å². The molecule has 0 N–H and O–H groups in total. The van der Waals surface area contributed by atoms with E-state index < -0.39 is 0 Å². The molecule has 0 saturated heterocycles. The highest BCUT2D eigenvalue weighted by molar-refractivity contribution is 5.80. The second-order valence-corrected chi connectivity index (χ2v) is 7.31. The Bertz CT molecular complexity index is 571. The van der Waals surface area contributed by atoms with E-state index in [0.29, 0.717) is 11.2 Å². The Morgan fingerprint density at radius 2 is 1.76 bits per heavy atom. The SMILES string of the molecule is COc1ccc2c(c1)C1(CCC(=O)CC1)C1(CCCC1)C2. The lowest BCUT2D eigenvalue weighted by molar-refractivity contribution is -0.122. The molecule has 1 aromatic carbocycles. The first kappa shape index (κ1) is 13.4. The third kappa shape index (κ3) is 1.74. The molecule has 0 unspecified atom stereocenters. The number of fused-ring (bicyclic) bond motifs is 3. The summed E-state index contributed by atoms with van der Waals surface area (Å²) in [5.41, 5.74) is 3.72. The van der Waals surface area contributed by atoms with E-state index in [-0.39, 0.29) is 5.41 Å². The van der Waals surface area contributed by atoms with Crippen LogP contribution in [0.1, 0.15) is 62.5 Å². The number of carbonyl (C=O) groups is 1. The van der Waals surface area contributed by atoms with Gasteiger partial charge in [-0.05, 0) is 60.8 Å². The van der Waals surface area contributed by atoms with Gasteiger partial charge >= 0.3 is 0 Å². The predicted octanol–water partition coefficient (Wildman–Crippen LogP) is 4.19. The Kier molecular flexibility index (Phi) is 2.92. The van der Waals surface area contributed by atoms with Crippen LogP contribution >= 0.6 is 0 Å². The summed E-state index contributed by atoms with van der Waals surface area (Å²) >= 11 is 0. The maximum Gasteiger partial charge on any atom is 0.132 e. The van der Waals surface area contributed by atoms with Crippen LogP contribution in [-0.4, -0.2) is 12.9 Å². The van der Waals surface area contributed by atoms with Crippen LogP contribution in [0.4, 0.5) is 0 Å². The van der Waals surface area contributed by atoms with Gasteiger partial charge in [0.25, 0.3) is 0 Å². The first-order valence-electron chi connectivity index (χ1n) is 8.38. The van der Waals surface area contributed by atoms with Gasteiger partial charge < -0.3 is 4.74 Å². The van der Waals surface area contributed by atoms with E-state index in [9.17, 15) is 4.79 Å². The van der Waals surface area contributed by atoms with Gasteiger partial charge in [0.15, 0.2) is 0 Å². The van der Waals surface area contributed by atoms with Crippen molar-refractivity contribution in [3.63, 3.8) is 0 Å². The highest BCUT2D eigenvalue weighted by Gasteiger charge is 2.58. The molecule has 0 heterocycles. The number of Topliss-reactive ketones (excluding diaryl/α,β-unsaturated/α-hetero) is 1. The molecule has 0 atom stereocenters. The van der Waals surface area contributed by atoms with Crippen LogP contribution in [0.25, 0.3) is 0 Å². The normalized spacial score (nSPS) is 25.5. The zero-order chi connectivity index (χ0) is 14.5. The van der Waals surface area contributed by atoms with Gasteiger partial charge in [-0.1, -0.05) is 18.9 Å². The van der Waals surface area contributed by atoms with E-state index in [0.717, 1.165) is 31.4 Å². The number of hydrogen-bond donors (Lipinski definition) is 0. The molecule has 0 aromatic heterocycles. The fourth-order valence-electron chi connectivity index (χ4n) is 5.56. The van der Waals surface area contributed by atoms with Gasteiger partial charge in [0.1, 0.15) is 11.5 Å². The molecular weight excluding hydrogens is 260 g/mol. The van der Waals surface area contributed by atoms with Crippen molar-refractivity contribution in [3.05, 3.63) is 29.3 Å². The van der Waals surface area contributed by atoms with Crippen LogP contribution < -0.4 is 4.74 Å². The molecule has 112 valence electrons. The Morgan fingerprint density at radius 1 is 1.05 bits per heavy atom. The number of hydrogen-bond acceptors (Lipinski definition) is 2. The van der Waals surface area contributed by atoms with Gasteiger partial charge in [0.2, 0.25) is 0 Å². The summed E-state index contributed by atoms with van der Waals surface area (Å²) in [7, 11) is 1.75. The maximum atomic E-state index is 11.8. The van der Waals surface area contributed by atoms with Crippen LogP contribution in [0, 0.1) is 5.41 Å². The summed E-state index contributed by atoms with van der Waals surface area (Å²) in [5.74, 6) is 1.44. The third-order valence-electron chi connectivity index (χ3n) is 6.60. The lowest BCUT2D eigenvalue weighted by atomic mass is 9.56. The lowest BCUT2D eigenvalue weighted by Gasteiger charge is -2.47. The highest BCUT2D eigenvalue weighted by atomic mass is 16.5. The molecule has 2 spiro atoms. The van der Waals surface area contributed by atoms with Crippen LogP contribution in [-0.2, 0) is 16.6 Å². The van der Waals surface area contributed by atoms with Crippen LogP contribution in [0.3, 0.4) is 0 Å². The van der Waals surface area contributed by atoms with E-state index in [1.165, 1.54) is 43.2 Å². The van der Waals surface area contributed by atoms with E-state index in [1.54, 1.807) is 7.11 Å². The van der Waals surface area contributed by atoms with E-state index in [1.807, 2.05) is 0 Å². The Morgan fingerprint density at radius 3 is 2.43 bits per heavy atom. The number of ether oxygens (including phenoxy) is 1. The summed E-state index contributed by atoms with van der Waals surface area (Å²) in [6.45, 7) is 0.